The molecule has 7 atom stereocenters. The zero-order chi connectivity index (χ0) is 26.5. The van der Waals surface area contributed by atoms with Crippen LogP contribution in [0.4, 0.5) is 61.5 Å². The number of rotatable bonds is 6. The molecule has 3 aliphatic carbocycles. The summed E-state index contributed by atoms with van der Waals surface area (Å²) in [4.78, 5) is 0. The monoisotopic (exact) mass is 546 g/mol. The van der Waals surface area contributed by atoms with Crippen molar-refractivity contribution in [1.82, 2.24) is 0 Å². The van der Waals surface area contributed by atoms with Gasteiger partial charge in [0.2, 0.25) is 6.17 Å². The molecule has 0 N–H and O–H groups in total. The van der Waals surface area contributed by atoms with Crippen LogP contribution in [0.1, 0.15) is 0 Å². The van der Waals surface area contributed by atoms with Crippen molar-refractivity contribution in [3.05, 3.63) is 0 Å². The predicted molar refractivity (Wildman–Crippen MR) is 78.8 cm³/mol. The van der Waals surface area contributed by atoms with Crippen LogP contribution in [0.15, 0.2) is 0 Å². The average molecular weight is 546 g/mol. The molecule has 0 amide bonds. The first-order valence-electron chi connectivity index (χ1n) is 9.79. The third kappa shape index (κ3) is 2.22. The van der Waals surface area contributed by atoms with E-state index in [0.29, 0.717) is 0 Å². The molecule has 35 heavy (non-hydrogen) atoms. The van der Waals surface area contributed by atoms with E-state index in [1.54, 1.807) is 0 Å². The maximum atomic E-state index is 15.8. The maximum Gasteiger partial charge on any atom is 0.329 e. The molecule has 5 fully saturated rings. The highest BCUT2D eigenvalue weighted by Gasteiger charge is 3.15. The van der Waals surface area contributed by atoms with E-state index in [1.165, 1.54) is 0 Å². The molecule has 5 aliphatic rings. The lowest BCUT2D eigenvalue weighted by molar-refractivity contribution is -0.486. The Bertz CT molecular complexity index is 936. The second-order valence-electron chi connectivity index (χ2n) is 9.04. The molecule has 0 aromatic carbocycles. The van der Waals surface area contributed by atoms with E-state index >= 15 is 48.3 Å². The Hall–Kier alpha value is -1.14. The molecule has 4 nitrogen and oxygen atoms in total. The summed E-state index contributed by atoms with van der Waals surface area (Å²) >= 11 is 0. The third-order valence-electron chi connectivity index (χ3n) is 7.21. The molecule has 0 aromatic heterocycles. The molecule has 5 rings (SSSR count). The lowest BCUT2D eigenvalue weighted by Gasteiger charge is -2.59. The van der Waals surface area contributed by atoms with Crippen molar-refractivity contribution in [3.8, 4) is 0 Å². The average Bonchev–Trinajstić information content (AvgIpc) is 3.58. The van der Waals surface area contributed by atoms with Gasteiger partial charge in [0.05, 0.1) is 26.4 Å². The van der Waals surface area contributed by atoms with Gasteiger partial charge in [-0.25, -0.2) is 26.3 Å². The molecule has 2 heterocycles. The van der Waals surface area contributed by atoms with Gasteiger partial charge in [0.1, 0.15) is 18.1 Å². The Morgan fingerprint density at radius 3 is 1.40 bits per heavy atom. The topological polar surface area (TPSA) is 43.5 Å². The van der Waals surface area contributed by atoms with E-state index < -0.39 is 103 Å². The fraction of sp³-hybridized carbons (Fsp3) is 1.00. The van der Waals surface area contributed by atoms with Gasteiger partial charge in [0, 0.05) is 0 Å². The zero-order valence-electron chi connectivity index (χ0n) is 16.6. The van der Waals surface area contributed by atoms with Gasteiger partial charge in [-0.05, 0) is 0 Å². The van der Waals surface area contributed by atoms with Gasteiger partial charge < -0.3 is 18.9 Å². The lowest BCUT2D eigenvalue weighted by atomic mass is 9.63. The molecule has 3 saturated carbocycles. The van der Waals surface area contributed by atoms with Crippen molar-refractivity contribution < 1.29 is 80.4 Å². The standard InChI is InChI=1S/C17H12F14O4/c18-8-12(24,25)9(19)7-10(20,21)14(13(8,26)27,34-3-5-1-32-5)17(30,31)15(11(7,22)23,16(9,28)29)35-4-6-2-33-6/h5-8H,1-4H2/t5?,6?,7?,8?,9-,14?,15?/m1/s1. The molecule has 2 aliphatic heterocycles. The smallest absolute Gasteiger partial charge is 0.329 e. The largest absolute Gasteiger partial charge is 0.371 e. The van der Waals surface area contributed by atoms with Gasteiger partial charge in [0.15, 0.2) is 0 Å². The fourth-order valence-corrected chi connectivity index (χ4v) is 5.39. The van der Waals surface area contributed by atoms with Crippen LogP contribution in [-0.2, 0) is 18.9 Å². The maximum absolute atomic E-state index is 15.8. The van der Waals surface area contributed by atoms with Crippen molar-refractivity contribution in [1.29, 1.82) is 0 Å². The first-order chi connectivity index (χ1) is 15.7. The number of hydrogen-bond donors (Lipinski definition) is 0. The van der Waals surface area contributed by atoms with Crippen LogP contribution in [0.2, 0.25) is 0 Å². The highest BCUT2D eigenvalue weighted by atomic mass is 19.3. The lowest BCUT2D eigenvalue weighted by Crippen LogP contribution is -2.89. The van der Waals surface area contributed by atoms with E-state index in [1.807, 2.05) is 0 Å². The van der Waals surface area contributed by atoms with E-state index in [-0.39, 0.29) is 0 Å². The Morgan fingerprint density at radius 1 is 0.571 bits per heavy atom. The summed E-state index contributed by atoms with van der Waals surface area (Å²) in [6, 6.07) is 0. The second-order valence-corrected chi connectivity index (χ2v) is 9.04. The predicted octanol–water partition coefficient (Wildman–Crippen LogP) is 3.81. The quantitative estimate of drug-likeness (QED) is 0.376. The summed E-state index contributed by atoms with van der Waals surface area (Å²) in [6.45, 7) is -4.62. The van der Waals surface area contributed by atoms with Gasteiger partial charge in [-0.15, -0.1) is 0 Å². The molecular weight excluding hydrogens is 534 g/mol. The van der Waals surface area contributed by atoms with Crippen LogP contribution in [0.5, 0.6) is 0 Å². The Balaban J connectivity index is 1.91. The minimum Gasteiger partial charge on any atom is -0.371 e. The van der Waals surface area contributed by atoms with Crippen molar-refractivity contribution in [2.24, 2.45) is 5.92 Å². The van der Waals surface area contributed by atoms with Gasteiger partial charge in [-0.2, -0.15) is 35.1 Å². The van der Waals surface area contributed by atoms with Gasteiger partial charge >= 0.3 is 35.5 Å². The van der Waals surface area contributed by atoms with E-state index in [9.17, 15) is 13.2 Å². The summed E-state index contributed by atoms with van der Waals surface area (Å²) in [5.74, 6) is -47.4. The van der Waals surface area contributed by atoms with Crippen LogP contribution in [0.3, 0.4) is 0 Å². The van der Waals surface area contributed by atoms with E-state index in [2.05, 4.69) is 18.9 Å². The van der Waals surface area contributed by atoms with Gasteiger partial charge in [-0.3, -0.25) is 0 Å². The first-order valence-corrected chi connectivity index (χ1v) is 9.79. The molecular formula is C17H12F14O4. The highest BCUT2D eigenvalue weighted by Crippen LogP contribution is 2.84. The number of ether oxygens (including phenoxy) is 4. The van der Waals surface area contributed by atoms with Crippen LogP contribution < -0.4 is 0 Å². The van der Waals surface area contributed by atoms with E-state index in [0.717, 1.165) is 0 Å². The van der Waals surface area contributed by atoms with Crippen molar-refractivity contribution in [2.45, 2.75) is 70.8 Å². The molecule has 0 aromatic rings. The molecule has 0 radical (unpaired) electrons. The van der Waals surface area contributed by atoms with Crippen molar-refractivity contribution in [3.63, 3.8) is 0 Å². The van der Waals surface area contributed by atoms with Gasteiger partial charge in [0.25, 0.3) is 16.9 Å². The summed E-state index contributed by atoms with van der Waals surface area (Å²) in [6.07, 6.45) is -8.97. The van der Waals surface area contributed by atoms with Crippen LogP contribution in [0.25, 0.3) is 0 Å². The minimum absolute atomic E-state index is 0.515. The van der Waals surface area contributed by atoms with E-state index in [4.69, 9.17) is 0 Å². The Morgan fingerprint density at radius 2 is 0.971 bits per heavy atom. The number of alkyl halides is 14. The number of hydrogen-bond acceptors (Lipinski definition) is 4. The highest BCUT2D eigenvalue weighted by molar-refractivity contribution is 5.47. The minimum atomic E-state index is -7.10. The summed E-state index contributed by atoms with van der Waals surface area (Å²) in [5, 5.41) is 0. The first kappa shape index (κ1) is 25.5. The SMILES string of the molecule is FC1C(F)(F)C2(OCC3CO3)C(F)(F)C3C(F)(F)C(OCC4CO4)(C2(F)F)C(F)(F)[C@]3(F)C1(F)F. The second kappa shape index (κ2) is 6.28. The number of fused-ring (bicyclic) bond motifs is 2. The summed E-state index contributed by atoms with van der Waals surface area (Å²) < 4.78 is 229. The summed E-state index contributed by atoms with van der Waals surface area (Å²) in [5.41, 5.74) is -19.9. The zero-order valence-corrected chi connectivity index (χ0v) is 16.6. The molecule has 0 spiro atoms. The molecule has 6 unspecified atom stereocenters. The molecule has 3 bridgehead atoms. The molecule has 2 saturated heterocycles. The van der Waals surface area contributed by atoms with Crippen LogP contribution in [0, 0.1) is 5.92 Å². The number of epoxide rings is 2. The third-order valence-corrected chi connectivity index (χ3v) is 7.21. The Kier molecular flexibility index (Phi) is 4.58. The number of halogens is 14. The van der Waals surface area contributed by atoms with Crippen molar-refractivity contribution in [2.75, 3.05) is 26.4 Å². The van der Waals surface area contributed by atoms with Gasteiger partial charge in [-0.1, -0.05) is 0 Å². The van der Waals surface area contributed by atoms with Crippen LogP contribution >= 0.6 is 0 Å². The van der Waals surface area contributed by atoms with Crippen molar-refractivity contribution >= 4 is 0 Å². The fourth-order valence-electron chi connectivity index (χ4n) is 5.39. The molecule has 202 valence electrons. The molecule has 18 heteroatoms. The summed E-state index contributed by atoms with van der Waals surface area (Å²) in [7, 11) is 0. The van der Waals surface area contributed by atoms with Crippen LogP contribution in [-0.4, -0.2) is 97.2 Å². The Labute approximate surface area is 184 Å². The normalized spacial score (nSPS) is 50.6.